The van der Waals surface area contributed by atoms with Crippen LogP contribution in [0.2, 0.25) is 0 Å². The zero-order chi connectivity index (χ0) is 28.6. The molecule has 0 saturated carbocycles. The van der Waals surface area contributed by atoms with Gasteiger partial charge in [0.05, 0.1) is 12.3 Å². The molecule has 2 heterocycles. The highest BCUT2D eigenvalue weighted by Crippen LogP contribution is 2.22. The fourth-order valence-electron chi connectivity index (χ4n) is 4.99. The Hall–Kier alpha value is -4.02. The van der Waals surface area contributed by atoms with Gasteiger partial charge >= 0.3 is 6.03 Å². The van der Waals surface area contributed by atoms with E-state index in [1.54, 1.807) is 24.3 Å². The molecule has 2 amide bonds. The number of urea groups is 1. The number of hydrogen-bond donors (Lipinski definition) is 1. The standard InChI is InChI=1S/C31H33F3N6O/c32-27-19-24(28-20-29(30(33)34)37-36-28)11-12-25(27)22-40(26-9-5-2-6-10-26)31(41)35-13-14-38-15-17-39(18-16-38)21-23-7-3-1-4-8-23/h1-12,19,30H,13-18,20-22H2,(H,35,41). The van der Waals surface area contributed by atoms with E-state index in [-0.39, 0.29) is 24.7 Å². The van der Waals surface area contributed by atoms with Gasteiger partial charge in [-0.1, -0.05) is 60.7 Å². The molecule has 2 aliphatic rings. The number of anilines is 1. The summed E-state index contributed by atoms with van der Waals surface area (Å²) >= 11 is 0. The Balaban J connectivity index is 1.15. The van der Waals surface area contributed by atoms with Gasteiger partial charge in [-0.2, -0.15) is 10.2 Å². The van der Waals surface area contributed by atoms with Crippen LogP contribution in [-0.4, -0.2) is 72.9 Å². The lowest BCUT2D eigenvalue weighted by Crippen LogP contribution is -2.49. The molecular formula is C31H33F3N6O. The largest absolute Gasteiger partial charge is 0.336 e. The maximum absolute atomic E-state index is 15.2. The van der Waals surface area contributed by atoms with Crippen LogP contribution in [0.25, 0.3) is 0 Å². The van der Waals surface area contributed by atoms with E-state index in [0.717, 1.165) is 39.3 Å². The molecule has 3 aromatic carbocycles. The predicted molar refractivity (Wildman–Crippen MR) is 155 cm³/mol. The van der Waals surface area contributed by atoms with Crippen molar-refractivity contribution in [1.82, 2.24) is 15.1 Å². The van der Waals surface area contributed by atoms with E-state index in [2.05, 4.69) is 49.6 Å². The summed E-state index contributed by atoms with van der Waals surface area (Å²) in [5, 5.41) is 10.3. The van der Waals surface area contributed by atoms with Crippen molar-refractivity contribution in [3.8, 4) is 0 Å². The molecule has 1 saturated heterocycles. The quantitative estimate of drug-likeness (QED) is 0.371. The van der Waals surface area contributed by atoms with Gasteiger partial charge in [0, 0.05) is 69.0 Å². The number of amides is 2. The van der Waals surface area contributed by atoms with Crippen molar-refractivity contribution in [2.24, 2.45) is 10.2 Å². The summed E-state index contributed by atoms with van der Waals surface area (Å²) in [6.45, 7) is 5.93. The second-order valence-electron chi connectivity index (χ2n) is 10.2. The monoisotopic (exact) mass is 562 g/mol. The van der Waals surface area contributed by atoms with Crippen molar-refractivity contribution in [2.75, 3.05) is 44.2 Å². The topological polar surface area (TPSA) is 63.5 Å². The average Bonchev–Trinajstić information content (AvgIpc) is 3.49. The highest BCUT2D eigenvalue weighted by molar-refractivity contribution is 6.15. The molecule has 0 aromatic heterocycles. The van der Waals surface area contributed by atoms with Crippen molar-refractivity contribution in [2.45, 2.75) is 25.9 Å². The molecule has 10 heteroatoms. The molecule has 7 nitrogen and oxygen atoms in total. The molecule has 0 radical (unpaired) electrons. The first-order valence-electron chi connectivity index (χ1n) is 13.8. The highest BCUT2D eigenvalue weighted by Gasteiger charge is 2.24. The van der Waals surface area contributed by atoms with Gasteiger partial charge in [0.25, 0.3) is 6.43 Å². The number of alkyl halides is 2. The maximum Gasteiger partial charge on any atom is 0.322 e. The average molecular weight is 563 g/mol. The number of carbonyl (C=O) groups excluding carboxylic acids is 1. The van der Waals surface area contributed by atoms with Crippen LogP contribution in [0.1, 0.15) is 23.1 Å². The van der Waals surface area contributed by atoms with Crippen LogP contribution in [-0.2, 0) is 13.1 Å². The van der Waals surface area contributed by atoms with Crippen molar-refractivity contribution in [1.29, 1.82) is 0 Å². The first-order chi connectivity index (χ1) is 20.0. The Morgan fingerprint density at radius 2 is 1.59 bits per heavy atom. The lowest BCUT2D eigenvalue weighted by Gasteiger charge is -2.35. The summed E-state index contributed by atoms with van der Waals surface area (Å²) in [5.41, 5.74) is 2.61. The maximum atomic E-state index is 15.2. The summed E-state index contributed by atoms with van der Waals surface area (Å²) in [4.78, 5) is 19.6. The minimum absolute atomic E-state index is 0.00534. The van der Waals surface area contributed by atoms with E-state index >= 15 is 4.39 Å². The molecule has 2 aliphatic heterocycles. The summed E-state index contributed by atoms with van der Waals surface area (Å²) in [5.74, 6) is -0.544. The number of para-hydroxylation sites is 1. The van der Waals surface area contributed by atoms with Crippen molar-refractivity contribution < 1.29 is 18.0 Å². The van der Waals surface area contributed by atoms with Crippen molar-refractivity contribution in [3.63, 3.8) is 0 Å². The molecule has 1 fully saturated rings. The van der Waals surface area contributed by atoms with Gasteiger partial charge < -0.3 is 5.32 Å². The summed E-state index contributed by atoms with van der Waals surface area (Å²) in [7, 11) is 0. The molecule has 3 aromatic rings. The Kier molecular flexibility index (Phi) is 9.43. The van der Waals surface area contributed by atoms with E-state index in [9.17, 15) is 13.6 Å². The predicted octanol–water partition coefficient (Wildman–Crippen LogP) is 5.17. The number of benzene rings is 3. The van der Waals surface area contributed by atoms with Gasteiger partial charge in [-0.15, -0.1) is 0 Å². The molecule has 214 valence electrons. The zero-order valence-corrected chi connectivity index (χ0v) is 22.7. The summed E-state index contributed by atoms with van der Waals surface area (Å²) in [6, 6.07) is 23.7. The number of carbonyl (C=O) groups is 1. The fourth-order valence-corrected chi connectivity index (χ4v) is 4.99. The van der Waals surface area contributed by atoms with Gasteiger partial charge in [-0.3, -0.25) is 14.7 Å². The minimum Gasteiger partial charge on any atom is -0.336 e. The Labute approximate surface area is 238 Å². The molecule has 0 bridgehead atoms. The molecule has 0 atom stereocenters. The number of nitrogens with one attached hydrogen (secondary N) is 1. The third-order valence-corrected chi connectivity index (χ3v) is 7.35. The number of piperazine rings is 1. The van der Waals surface area contributed by atoms with Crippen LogP contribution in [0.15, 0.2) is 89.1 Å². The van der Waals surface area contributed by atoms with Gasteiger partial charge in [0.1, 0.15) is 11.5 Å². The normalized spacial score (nSPS) is 16.0. The van der Waals surface area contributed by atoms with Gasteiger partial charge in [-0.05, 0) is 23.8 Å². The van der Waals surface area contributed by atoms with E-state index in [0.29, 0.717) is 29.1 Å². The smallest absolute Gasteiger partial charge is 0.322 e. The number of nitrogens with zero attached hydrogens (tertiary/aromatic N) is 5. The zero-order valence-electron chi connectivity index (χ0n) is 22.7. The fraction of sp³-hybridized carbons (Fsp3) is 0.323. The summed E-state index contributed by atoms with van der Waals surface area (Å²) < 4.78 is 41.0. The van der Waals surface area contributed by atoms with E-state index in [1.165, 1.54) is 16.5 Å². The third kappa shape index (κ3) is 7.59. The Morgan fingerprint density at radius 3 is 2.24 bits per heavy atom. The van der Waals surface area contributed by atoms with Crippen LogP contribution < -0.4 is 10.2 Å². The van der Waals surface area contributed by atoms with Crippen LogP contribution in [0, 0.1) is 5.82 Å². The molecule has 41 heavy (non-hydrogen) atoms. The van der Waals surface area contributed by atoms with Crippen molar-refractivity contribution >= 4 is 23.1 Å². The molecule has 0 aliphatic carbocycles. The molecular weight excluding hydrogens is 529 g/mol. The SMILES string of the molecule is O=C(NCCN1CCN(Cc2ccccc2)CC1)N(Cc1ccc(C2=NN=C(C(F)F)C2)cc1F)c1ccccc1. The Morgan fingerprint density at radius 1 is 0.902 bits per heavy atom. The molecule has 0 unspecified atom stereocenters. The van der Waals surface area contributed by atoms with E-state index in [4.69, 9.17) is 0 Å². The molecule has 0 spiro atoms. The van der Waals surface area contributed by atoms with Gasteiger partial charge in [0.2, 0.25) is 0 Å². The molecule has 1 N–H and O–H groups in total. The van der Waals surface area contributed by atoms with Crippen molar-refractivity contribution in [3.05, 3.63) is 101 Å². The molecule has 5 rings (SSSR count). The third-order valence-electron chi connectivity index (χ3n) is 7.35. The van der Waals surface area contributed by atoms with Gasteiger partial charge in [-0.25, -0.2) is 18.0 Å². The van der Waals surface area contributed by atoms with Crippen LogP contribution in [0.5, 0.6) is 0 Å². The first kappa shape index (κ1) is 28.5. The second-order valence-corrected chi connectivity index (χ2v) is 10.2. The number of rotatable bonds is 10. The second kappa shape index (κ2) is 13.6. The summed E-state index contributed by atoms with van der Waals surface area (Å²) in [6.07, 6.45) is -2.81. The number of hydrogen-bond acceptors (Lipinski definition) is 5. The van der Waals surface area contributed by atoms with Crippen LogP contribution in [0.3, 0.4) is 0 Å². The van der Waals surface area contributed by atoms with Crippen LogP contribution in [0.4, 0.5) is 23.7 Å². The van der Waals surface area contributed by atoms with E-state index in [1.807, 2.05) is 24.3 Å². The number of halogens is 3. The van der Waals surface area contributed by atoms with Crippen LogP contribution >= 0.6 is 0 Å². The Bertz CT molecular complexity index is 1380. The lowest BCUT2D eigenvalue weighted by molar-refractivity contribution is 0.128. The lowest BCUT2D eigenvalue weighted by atomic mass is 10.0. The van der Waals surface area contributed by atoms with Gasteiger partial charge in [0.15, 0.2) is 0 Å². The van der Waals surface area contributed by atoms with E-state index < -0.39 is 12.2 Å². The highest BCUT2D eigenvalue weighted by atomic mass is 19.3. The minimum atomic E-state index is -2.69. The first-order valence-corrected chi connectivity index (χ1v) is 13.8.